The number of likely N-dealkylation sites (tertiary alicyclic amines) is 2. The standard InChI is InChI=1S/C55H68N8O6/c1-7-29(4)49(61-55(67)69-6)53(65)63-23-9-11-44(63)51-57-40-21-15-31(26-41(40)58-51)34-17-19-37(46-33-13-12-32(24-33)45(34)46)38-20-18-36(39-25-30-14-16-35(30)47(38)39)42-27-56-50(59-42)43-10-8-22-62(43)52(64)48(28(2)3)60-54(66)68-5/h15,17-21,26-30,32-33,35,43-44,48-49,53,65H,7-14,16,22-25H2,1-6H3,(H,56,59)(H,57,58)(H,60,66)(H,61,67). The maximum atomic E-state index is 13.9. The van der Waals surface area contributed by atoms with Crippen molar-refractivity contribution in [2.45, 2.75) is 146 Å². The second-order valence-electron chi connectivity index (χ2n) is 21.3. The van der Waals surface area contributed by atoms with Gasteiger partial charge in [0.15, 0.2) is 0 Å². The van der Waals surface area contributed by atoms with Gasteiger partial charge in [0.25, 0.3) is 0 Å². The number of benzene rings is 3. The van der Waals surface area contributed by atoms with Crippen LogP contribution in [-0.4, -0.2) is 98.6 Å². The van der Waals surface area contributed by atoms with Gasteiger partial charge in [-0.3, -0.25) is 9.69 Å². The molecule has 2 aliphatic heterocycles. The number of H-pyrrole nitrogens is 2. The van der Waals surface area contributed by atoms with Gasteiger partial charge in [0.2, 0.25) is 5.91 Å². The van der Waals surface area contributed by atoms with Crippen LogP contribution in [0.3, 0.4) is 0 Å². The van der Waals surface area contributed by atoms with E-state index in [1.807, 2.05) is 31.9 Å². The predicted octanol–water partition coefficient (Wildman–Crippen LogP) is 9.97. The lowest BCUT2D eigenvalue weighted by Gasteiger charge is -2.36. The zero-order valence-electron chi connectivity index (χ0n) is 40.9. The number of hydrogen-bond donors (Lipinski definition) is 5. The minimum Gasteiger partial charge on any atom is -0.453 e. The van der Waals surface area contributed by atoms with E-state index in [-0.39, 0.29) is 29.8 Å². The third-order valence-electron chi connectivity index (χ3n) is 17.4. The number of nitrogens with zero attached hydrogens (tertiary/aromatic N) is 4. The average molecular weight is 937 g/mol. The molecule has 10 unspecified atom stereocenters. The van der Waals surface area contributed by atoms with Crippen molar-refractivity contribution in [3.8, 4) is 33.5 Å². The van der Waals surface area contributed by atoms with Gasteiger partial charge in [-0.25, -0.2) is 19.6 Å². The highest BCUT2D eigenvalue weighted by molar-refractivity contribution is 5.89. The normalized spacial score (nSPS) is 25.2. The molecule has 5 aromatic rings. The Bertz CT molecular complexity index is 2800. The number of aliphatic hydroxyl groups excluding tert-OH is 1. The van der Waals surface area contributed by atoms with Gasteiger partial charge in [-0.2, -0.15) is 0 Å². The molecule has 2 aromatic heterocycles. The molecule has 4 heterocycles. The first-order valence-corrected chi connectivity index (χ1v) is 25.8. The summed E-state index contributed by atoms with van der Waals surface area (Å²) in [4.78, 5) is 59.8. The highest BCUT2D eigenvalue weighted by Gasteiger charge is 2.46. The van der Waals surface area contributed by atoms with E-state index in [0.29, 0.717) is 36.8 Å². The molecule has 3 amide bonds. The molecule has 11 rings (SSSR count). The molecule has 2 bridgehead atoms. The molecule has 2 saturated carbocycles. The number of rotatable bonds is 13. The van der Waals surface area contributed by atoms with Crippen LogP contribution >= 0.6 is 0 Å². The molecule has 4 fully saturated rings. The van der Waals surface area contributed by atoms with E-state index < -0.39 is 30.5 Å². The van der Waals surface area contributed by atoms with Gasteiger partial charge in [-0.1, -0.05) is 64.4 Å². The molecule has 14 nitrogen and oxygen atoms in total. The average Bonchev–Trinajstić information content (AvgIpc) is 4.22. The Balaban J connectivity index is 0.897. The molecule has 0 spiro atoms. The van der Waals surface area contributed by atoms with E-state index in [2.05, 4.69) is 74.9 Å². The Morgan fingerprint density at radius 1 is 0.797 bits per heavy atom. The van der Waals surface area contributed by atoms with Crippen LogP contribution in [0.25, 0.3) is 44.5 Å². The van der Waals surface area contributed by atoms with Crippen LogP contribution in [0, 0.1) is 17.8 Å². The van der Waals surface area contributed by atoms with Crippen LogP contribution in [-0.2, 0) is 20.7 Å². The lowest BCUT2D eigenvalue weighted by atomic mass is 9.72. The molecule has 14 heteroatoms. The SMILES string of the molecule is CCC(C)C(NC(=O)OC)C(O)N1CCCC1c1nc2ccc(-c3ccc(-c4ccc(-c5cnc(C6CCCN6C(=O)C(NC(=O)OC)C(C)C)[nH]5)c5c4C4CCC4C5)c4c3C3CCC4C3)cc2[nH]1. The van der Waals surface area contributed by atoms with Crippen LogP contribution in [0.2, 0.25) is 0 Å². The lowest BCUT2D eigenvalue weighted by molar-refractivity contribution is -0.135. The van der Waals surface area contributed by atoms with Gasteiger partial charge < -0.3 is 40.1 Å². The van der Waals surface area contributed by atoms with Gasteiger partial charge in [0, 0.05) is 18.7 Å². The molecule has 6 aliphatic rings. The van der Waals surface area contributed by atoms with Crippen LogP contribution in [0.4, 0.5) is 9.59 Å². The summed E-state index contributed by atoms with van der Waals surface area (Å²) in [5.74, 6) is 3.80. The number of aliphatic hydroxyl groups is 1. The minimum atomic E-state index is -0.882. The number of fused-ring (bicyclic) bond motifs is 9. The molecular weight excluding hydrogens is 869 g/mol. The predicted molar refractivity (Wildman–Crippen MR) is 264 cm³/mol. The van der Waals surface area contributed by atoms with Crippen molar-refractivity contribution < 1.29 is 29.0 Å². The Morgan fingerprint density at radius 2 is 1.49 bits per heavy atom. The molecule has 69 heavy (non-hydrogen) atoms. The number of imidazole rings is 2. The molecule has 2 saturated heterocycles. The summed E-state index contributed by atoms with van der Waals surface area (Å²) >= 11 is 0. The maximum Gasteiger partial charge on any atom is 0.407 e. The zero-order chi connectivity index (χ0) is 47.8. The van der Waals surface area contributed by atoms with Gasteiger partial charge in [0.1, 0.15) is 23.9 Å². The summed E-state index contributed by atoms with van der Waals surface area (Å²) in [5.41, 5.74) is 15.5. The fourth-order valence-electron chi connectivity index (χ4n) is 13.5. The third-order valence-corrected chi connectivity index (χ3v) is 17.4. The summed E-state index contributed by atoms with van der Waals surface area (Å²) in [6.45, 7) is 9.32. The van der Waals surface area contributed by atoms with Crippen molar-refractivity contribution in [2.75, 3.05) is 27.3 Å². The number of aromatic amines is 2. The molecule has 364 valence electrons. The smallest absolute Gasteiger partial charge is 0.407 e. The van der Waals surface area contributed by atoms with E-state index in [4.69, 9.17) is 19.4 Å². The number of carbonyl (C=O) groups excluding carboxylic acids is 3. The third kappa shape index (κ3) is 7.80. The van der Waals surface area contributed by atoms with E-state index in [9.17, 15) is 19.5 Å². The van der Waals surface area contributed by atoms with Crippen molar-refractivity contribution in [1.29, 1.82) is 0 Å². The molecule has 10 atom stereocenters. The number of ether oxygens (including phenoxy) is 2. The first-order valence-electron chi connectivity index (χ1n) is 25.8. The van der Waals surface area contributed by atoms with Crippen molar-refractivity contribution in [1.82, 2.24) is 40.4 Å². The fourth-order valence-corrected chi connectivity index (χ4v) is 13.5. The van der Waals surface area contributed by atoms with Crippen LogP contribution in [0.1, 0.15) is 156 Å². The summed E-state index contributed by atoms with van der Waals surface area (Å²) < 4.78 is 9.78. The number of carbonyl (C=O) groups is 3. The molecule has 3 aromatic carbocycles. The summed E-state index contributed by atoms with van der Waals surface area (Å²) in [6.07, 6.45) is 11.4. The van der Waals surface area contributed by atoms with Crippen LogP contribution in [0.15, 0.2) is 48.7 Å². The molecule has 5 N–H and O–H groups in total. The highest BCUT2D eigenvalue weighted by Crippen LogP contribution is 2.61. The number of hydrogen-bond acceptors (Lipinski definition) is 9. The Morgan fingerprint density at radius 3 is 2.22 bits per heavy atom. The molecule has 0 radical (unpaired) electrons. The topological polar surface area (TPSA) is 178 Å². The minimum absolute atomic E-state index is 0.0476. The van der Waals surface area contributed by atoms with Crippen LogP contribution < -0.4 is 10.6 Å². The number of methoxy groups -OCH3 is 2. The van der Waals surface area contributed by atoms with Gasteiger partial charge in [-0.05, 0) is 156 Å². The number of nitrogens with one attached hydrogen (secondary N) is 4. The van der Waals surface area contributed by atoms with Gasteiger partial charge in [-0.15, -0.1) is 0 Å². The van der Waals surface area contributed by atoms with Crippen molar-refractivity contribution in [2.24, 2.45) is 17.8 Å². The van der Waals surface area contributed by atoms with Crippen molar-refractivity contribution in [3.63, 3.8) is 0 Å². The van der Waals surface area contributed by atoms with Crippen molar-refractivity contribution in [3.05, 3.63) is 82.6 Å². The number of alkyl carbamates (subject to hydrolysis) is 2. The van der Waals surface area contributed by atoms with Crippen molar-refractivity contribution >= 4 is 29.1 Å². The maximum absolute atomic E-state index is 13.9. The Hall–Kier alpha value is -5.73. The molecule has 4 aliphatic carbocycles. The van der Waals surface area contributed by atoms with E-state index >= 15 is 0 Å². The Labute approximate surface area is 404 Å². The van der Waals surface area contributed by atoms with E-state index in [1.165, 1.54) is 90.8 Å². The van der Waals surface area contributed by atoms with Gasteiger partial charge >= 0.3 is 12.2 Å². The summed E-state index contributed by atoms with van der Waals surface area (Å²) in [6, 6.07) is 14.7. The summed E-state index contributed by atoms with van der Waals surface area (Å²) in [7, 11) is 2.67. The highest BCUT2D eigenvalue weighted by atomic mass is 16.5. The van der Waals surface area contributed by atoms with Crippen LogP contribution in [0.5, 0.6) is 0 Å². The lowest BCUT2D eigenvalue weighted by Crippen LogP contribution is -2.54. The monoisotopic (exact) mass is 937 g/mol. The zero-order valence-corrected chi connectivity index (χ0v) is 40.9. The molecular formula is C55H68N8O6. The number of aromatic nitrogens is 4. The second-order valence-corrected chi connectivity index (χ2v) is 21.3. The van der Waals surface area contributed by atoms with E-state index in [0.717, 1.165) is 66.9 Å². The first-order chi connectivity index (χ1) is 33.5. The quantitative estimate of drug-likeness (QED) is 0.0769. The summed E-state index contributed by atoms with van der Waals surface area (Å²) in [5, 5.41) is 17.4. The van der Waals surface area contributed by atoms with Gasteiger partial charge in [0.05, 0.1) is 55.3 Å². The largest absolute Gasteiger partial charge is 0.453 e. The second kappa shape index (κ2) is 18.2. The first kappa shape index (κ1) is 45.7. The number of amides is 3. The fraction of sp³-hybridized carbons (Fsp3) is 0.545. The van der Waals surface area contributed by atoms with E-state index in [1.54, 1.807) is 5.56 Å². The Kier molecular flexibility index (Phi) is 12.1.